The van der Waals surface area contributed by atoms with E-state index in [-0.39, 0.29) is 0 Å². The Bertz CT molecular complexity index is 525. The number of fused-ring (bicyclic) bond motifs is 1. The van der Waals surface area contributed by atoms with Crippen LogP contribution in [0.3, 0.4) is 0 Å². The Morgan fingerprint density at radius 1 is 1.17 bits per heavy atom. The molecule has 1 unspecified atom stereocenters. The van der Waals surface area contributed by atoms with Gasteiger partial charge in [-0.2, -0.15) is 0 Å². The highest BCUT2D eigenvalue weighted by molar-refractivity contribution is 5.83. The Labute approximate surface area is 108 Å². The van der Waals surface area contributed by atoms with Gasteiger partial charge in [0, 0.05) is 19.6 Å². The average Bonchev–Trinajstić information content (AvgIpc) is 2.38. The van der Waals surface area contributed by atoms with Crippen molar-refractivity contribution in [3.05, 3.63) is 47.5 Å². The van der Waals surface area contributed by atoms with Gasteiger partial charge in [0.05, 0.1) is 6.10 Å². The normalized spacial score (nSPS) is 12.8. The van der Waals surface area contributed by atoms with Crippen LogP contribution in [0.1, 0.15) is 11.1 Å². The molecular formula is C15H20N2O. The molecule has 0 aliphatic heterocycles. The second-order valence-corrected chi connectivity index (χ2v) is 4.71. The van der Waals surface area contributed by atoms with Crippen LogP contribution < -0.4 is 11.1 Å². The fourth-order valence-corrected chi connectivity index (χ4v) is 1.99. The van der Waals surface area contributed by atoms with Crippen LogP contribution in [0.4, 0.5) is 0 Å². The zero-order valence-corrected chi connectivity index (χ0v) is 10.7. The number of nitrogens with two attached hydrogens (primary N) is 1. The molecule has 2 aromatic carbocycles. The van der Waals surface area contributed by atoms with Gasteiger partial charge in [-0.15, -0.1) is 0 Å². The minimum absolute atomic E-state index is 0.296. The smallest absolute Gasteiger partial charge is 0.0786 e. The Kier molecular flexibility index (Phi) is 4.31. The molecule has 0 aliphatic carbocycles. The van der Waals surface area contributed by atoms with Crippen LogP contribution in [0.25, 0.3) is 10.8 Å². The first kappa shape index (κ1) is 13.0. The van der Waals surface area contributed by atoms with E-state index in [0.29, 0.717) is 13.1 Å². The quantitative estimate of drug-likeness (QED) is 0.748. The number of rotatable bonds is 5. The van der Waals surface area contributed by atoms with Gasteiger partial charge in [-0.05, 0) is 29.3 Å². The third kappa shape index (κ3) is 3.29. The van der Waals surface area contributed by atoms with Gasteiger partial charge in [-0.1, -0.05) is 35.9 Å². The molecule has 18 heavy (non-hydrogen) atoms. The molecule has 1 atom stereocenters. The van der Waals surface area contributed by atoms with E-state index in [1.807, 2.05) is 0 Å². The van der Waals surface area contributed by atoms with Crippen molar-refractivity contribution < 1.29 is 5.11 Å². The predicted octanol–water partition coefficient (Wildman–Crippen LogP) is 1.56. The van der Waals surface area contributed by atoms with Crippen LogP contribution >= 0.6 is 0 Å². The monoisotopic (exact) mass is 244 g/mol. The molecule has 0 heterocycles. The number of aliphatic hydroxyl groups excluding tert-OH is 1. The van der Waals surface area contributed by atoms with Crippen LogP contribution in [0, 0.1) is 6.92 Å². The summed E-state index contributed by atoms with van der Waals surface area (Å²) in [6, 6.07) is 12.9. The first-order valence-corrected chi connectivity index (χ1v) is 6.27. The zero-order chi connectivity index (χ0) is 13.0. The van der Waals surface area contributed by atoms with Crippen LogP contribution in [0.15, 0.2) is 36.4 Å². The molecule has 0 fully saturated rings. The zero-order valence-electron chi connectivity index (χ0n) is 10.7. The van der Waals surface area contributed by atoms with Gasteiger partial charge >= 0.3 is 0 Å². The van der Waals surface area contributed by atoms with Crippen LogP contribution in [-0.2, 0) is 6.54 Å². The molecule has 3 nitrogen and oxygen atoms in total. The molecule has 0 bridgehead atoms. The van der Waals surface area contributed by atoms with Crippen molar-refractivity contribution in [2.45, 2.75) is 19.6 Å². The van der Waals surface area contributed by atoms with Crippen LogP contribution in [-0.4, -0.2) is 24.3 Å². The Morgan fingerprint density at radius 3 is 2.67 bits per heavy atom. The average molecular weight is 244 g/mol. The maximum absolute atomic E-state index is 9.35. The van der Waals surface area contributed by atoms with E-state index < -0.39 is 6.10 Å². The van der Waals surface area contributed by atoms with Gasteiger partial charge in [0.25, 0.3) is 0 Å². The van der Waals surface area contributed by atoms with Gasteiger partial charge in [0.15, 0.2) is 0 Å². The van der Waals surface area contributed by atoms with Gasteiger partial charge in [0.1, 0.15) is 0 Å². The van der Waals surface area contributed by atoms with Crippen molar-refractivity contribution in [2.75, 3.05) is 13.1 Å². The highest BCUT2D eigenvalue weighted by Crippen LogP contribution is 2.17. The summed E-state index contributed by atoms with van der Waals surface area (Å²) in [4.78, 5) is 0. The first-order chi connectivity index (χ1) is 8.69. The number of benzene rings is 2. The number of hydrogen-bond donors (Lipinski definition) is 3. The summed E-state index contributed by atoms with van der Waals surface area (Å²) in [5.41, 5.74) is 7.85. The molecular weight excluding hydrogens is 224 g/mol. The van der Waals surface area contributed by atoms with E-state index in [1.54, 1.807) is 0 Å². The highest BCUT2D eigenvalue weighted by atomic mass is 16.3. The molecule has 0 saturated heterocycles. The molecule has 3 heteroatoms. The maximum Gasteiger partial charge on any atom is 0.0786 e. The fourth-order valence-electron chi connectivity index (χ4n) is 1.99. The first-order valence-electron chi connectivity index (χ1n) is 6.27. The minimum Gasteiger partial charge on any atom is -0.390 e. The Balaban J connectivity index is 2.04. The summed E-state index contributed by atoms with van der Waals surface area (Å²) < 4.78 is 0. The SMILES string of the molecule is Cc1ccc2cc(CNCC(O)CN)ccc2c1. The lowest BCUT2D eigenvalue weighted by Crippen LogP contribution is -2.32. The topological polar surface area (TPSA) is 58.3 Å². The van der Waals surface area contributed by atoms with Gasteiger partial charge < -0.3 is 16.2 Å². The Hall–Kier alpha value is -1.42. The Morgan fingerprint density at radius 2 is 1.89 bits per heavy atom. The maximum atomic E-state index is 9.35. The van der Waals surface area contributed by atoms with E-state index in [2.05, 4.69) is 48.6 Å². The summed E-state index contributed by atoms with van der Waals surface area (Å²) in [6.45, 7) is 3.68. The van der Waals surface area contributed by atoms with Crippen molar-refractivity contribution in [1.29, 1.82) is 0 Å². The molecule has 2 rings (SSSR count). The van der Waals surface area contributed by atoms with Crippen LogP contribution in [0.5, 0.6) is 0 Å². The molecule has 96 valence electrons. The molecule has 0 amide bonds. The number of hydrogen-bond acceptors (Lipinski definition) is 3. The lowest BCUT2D eigenvalue weighted by Gasteiger charge is -2.10. The minimum atomic E-state index is -0.465. The van der Waals surface area contributed by atoms with Gasteiger partial charge in [-0.25, -0.2) is 0 Å². The highest BCUT2D eigenvalue weighted by Gasteiger charge is 2.01. The number of aryl methyl sites for hydroxylation is 1. The van der Waals surface area contributed by atoms with E-state index in [9.17, 15) is 5.11 Å². The second kappa shape index (κ2) is 5.96. The second-order valence-electron chi connectivity index (χ2n) is 4.71. The molecule has 0 aromatic heterocycles. The predicted molar refractivity (Wildman–Crippen MR) is 75.5 cm³/mol. The lowest BCUT2D eigenvalue weighted by molar-refractivity contribution is 0.179. The summed E-state index contributed by atoms with van der Waals surface area (Å²) in [7, 11) is 0. The van der Waals surface area contributed by atoms with Gasteiger partial charge in [0.2, 0.25) is 0 Å². The van der Waals surface area contributed by atoms with E-state index in [1.165, 1.54) is 21.9 Å². The fraction of sp³-hybridized carbons (Fsp3) is 0.333. The van der Waals surface area contributed by atoms with E-state index in [0.717, 1.165) is 6.54 Å². The largest absolute Gasteiger partial charge is 0.390 e. The summed E-state index contributed by atoms with van der Waals surface area (Å²) >= 11 is 0. The number of nitrogens with one attached hydrogen (secondary N) is 1. The molecule has 0 spiro atoms. The van der Waals surface area contributed by atoms with Crippen LogP contribution in [0.2, 0.25) is 0 Å². The summed E-state index contributed by atoms with van der Waals surface area (Å²) in [6.07, 6.45) is -0.465. The molecule has 0 aliphatic rings. The molecule has 0 radical (unpaired) electrons. The molecule has 4 N–H and O–H groups in total. The number of aliphatic hydroxyl groups is 1. The van der Waals surface area contributed by atoms with Crippen molar-refractivity contribution in [2.24, 2.45) is 5.73 Å². The molecule has 2 aromatic rings. The van der Waals surface area contributed by atoms with E-state index in [4.69, 9.17) is 5.73 Å². The molecule has 0 saturated carbocycles. The van der Waals surface area contributed by atoms with Gasteiger partial charge in [-0.3, -0.25) is 0 Å². The third-order valence-electron chi connectivity index (χ3n) is 3.04. The lowest BCUT2D eigenvalue weighted by atomic mass is 10.0. The van der Waals surface area contributed by atoms with Crippen molar-refractivity contribution in [1.82, 2.24) is 5.32 Å². The van der Waals surface area contributed by atoms with Crippen molar-refractivity contribution >= 4 is 10.8 Å². The van der Waals surface area contributed by atoms with E-state index >= 15 is 0 Å². The van der Waals surface area contributed by atoms with Crippen molar-refractivity contribution in [3.63, 3.8) is 0 Å². The summed E-state index contributed by atoms with van der Waals surface area (Å²) in [5.74, 6) is 0. The standard InChI is InChI=1S/C15H20N2O/c1-11-2-4-14-7-12(3-5-13(14)6-11)9-17-10-15(18)8-16/h2-7,15,17-18H,8-10,16H2,1H3. The van der Waals surface area contributed by atoms with Crippen molar-refractivity contribution in [3.8, 4) is 0 Å². The summed E-state index contributed by atoms with van der Waals surface area (Å²) in [5, 5.41) is 15.1. The third-order valence-corrected chi connectivity index (χ3v) is 3.04.